The number of aryl methyl sites for hydroxylation is 3. The maximum atomic E-state index is 5.29. The SMILES string of the molecule is CN=C(NCCc1c(C)noc1C)N1CCCC2(CCCc3ccccc32)C1.I. The quantitative estimate of drug-likeness (QED) is 0.380. The van der Waals surface area contributed by atoms with Gasteiger partial charge in [-0.05, 0) is 63.5 Å². The van der Waals surface area contributed by atoms with Crippen LogP contribution in [0.2, 0.25) is 0 Å². The van der Waals surface area contributed by atoms with Gasteiger partial charge in [-0.25, -0.2) is 0 Å². The van der Waals surface area contributed by atoms with Crippen LogP contribution in [0.15, 0.2) is 33.8 Å². The third kappa shape index (κ3) is 4.47. The van der Waals surface area contributed by atoms with Crippen LogP contribution in [0.4, 0.5) is 0 Å². The summed E-state index contributed by atoms with van der Waals surface area (Å²) in [7, 11) is 1.90. The average Bonchev–Trinajstić information content (AvgIpc) is 3.04. The number of aromatic nitrogens is 1. The lowest BCUT2D eigenvalue weighted by molar-refractivity contribution is 0.188. The van der Waals surface area contributed by atoms with Crippen molar-refractivity contribution >= 4 is 29.9 Å². The normalized spacial score (nSPS) is 21.6. The van der Waals surface area contributed by atoms with Crippen LogP contribution >= 0.6 is 24.0 Å². The number of nitrogens with zero attached hydrogens (tertiary/aromatic N) is 3. The molecular weight excluding hydrogens is 475 g/mol. The van der Waals surface area contributed by atoms with Crippen molar-refractivity contribution in [1.82, 2.24) is 15.4 Å². The molecule has 2 heterocycles. The van der Waals surface area contributed by atoms with E-state index in [1.54, 1.807) is 11.1 Å². The second-order valence-corrected chi connectivity index (χ2v) is 8.34. The fourth-order valence-corrected chi connectivity index (χ4v) is 5.23. The summed E-state index contributed by atoms with van der Waals surface area (Å²) in [4.78, 5) is 7.07. The minimum Gasteiger partial charge on any atom is -0.361 e. The molecule has 1 fully saturated rings. The second kappa shape index (κ2) is 9.49. The Labute approximate surface area is 191 Å². The number of piperidine rings is 1. The summed E-state index contributed by atoms with van der Waals surface area (Å²) in [5.41, 5.74) is 5.62. The number of likely N-dealkylation sites (tertiary alicyclic amines) is 1. The van der Waals surface area contributed by atoms with Crippen molar-refractivity contribution in [2.75, 3.05) is 26.7 Å². The molecule has 4 rings (SSSR count). The van der Waals surface area contributed by atoms with Crippen molar-refractivity contribution in [2.45, 2.75) is 57.8 Å². The molecule has 1 aromatic carbocycles. The molecule has 2 aromatic rings. The number of fused-ring (bicyclic) bond motifs is 2. The van der Waals surface area contributed by atoms with Gasteiger partial charge in [-0.2, -0.15) is 0 Å². The van der Waals surface area contributed by atoms with Gasteiger partial charge in [-0.1, -0.05) is 29.4 Å². The van der Waals surface area contributed by atoms with E-state index in [1.807, 2.05) is 20.9 Å². The Kier molecular flexibility index (Phi) is 7.24. The molecule has 2 aliphatic rings. The Morgan fingerprint density at radius 3 is 2.79 bits per heavy atom. The van der Waals surface area contributed by atoms with E-state index in [0.717, 1.165) is 43.5 Å². The molecule has 6 heteroatoms. The molecule has 5 nitrogen and oxygen atoms in total. The molecular formula is C23H33IN4O. The van der Waals surface area contributed by atoms with E-state index in [9.17, 15) is 0 Å². The van der Waals surface area contributed by atoms with Gasteiger partial charge in [-0.15, -0.1) is 24.0 Å². The highest BCUT2D eigenvalue weighted by molar-refractivity contribution is 14.0. The van der Waals surface area contributed by atoms with Crippen LogP contribution in [-0.2, 0) is 18.3 Å². The van der Waals surface area contributed by atoms with Gasteiger partial charge in [0.25, 0.3) is 0 Å². The van der Waals surface area contributed by atoms with Crippen LogP contribution in [0.5, 0.6) is 0 Å². The fraction of sp³-hybridized carbons (Fsp3) is 0.565. The van der Waals surface area contributed by atoms with Gasteiger partial charge in [0.2, 0.25) is 0 Å². The van der Waals surface area contributed by atoms with Gasteiger partial charge in [0.1, 0.15) is 5.76 Å². The summed E-state index contributed by atoms with van der Waals surface area (Å²) in [6.07, 6.45) is 7.22. The van der Waals surface area contributed by atoms with Gasteiger partial charge in [0.15, 0.2) is 5.96 Å². The summed E-state index contributed by atoms with van der Waals surface area (Å²) in [5, 5.41) is 7.64. The first-order valence-corrected chi connectivity index (χ1v) is 10.6. The number of hydrogen-bond donors (Lipinski definition) is 1. The molecule has 0 saturated carbocycles. The van der Waals surface area contributed by atoms with Gasteiger partial charge >= 0.3 is 0 Å². The molecule has 1 aliphatic carbocycles. The lowest BCUT2D eigenvalue weighted by Gasteiger charge is -2.47. The molecule has 0 radical (unpaired) electrons. The largest absolute Gasteiger partial charge is 0.361 e. The van der Waals surface area contributed by atoms with E-state index in [-0.39, 0.29) is 29.4 Å². The minimum atomic E-state index is 0. The zero-order valence-electron chi connectivity index (χ0n) is 17.8. The summed E-state index contributed by atoms with van der Waals surface area (Å²) in [6.45, 7) is 6.98. The topological polar surface area (TPSA) is 53.7 Å². The van der Waals surface area contributed by atoms with Gasteiger partial charge < -0.3 is 14.7 Å². The fourth-order valence-electron chi connectivity index (χ4n) is 5.23. The van der Waals surface area contributed by atoms with E-state index in [2.05, 4.69) is 44.6 Å². The van der Waals surface area contributed by atoms with Gasteiger partial charge in [0.05, 0.1) is 5.69 Å². The minimum absolute atomic E-state index is 0. The number of halogens is 1. The molecule has 1 N–H and O–H groups in total. The number of hydrogen-bond acceptors (Lipinski definition) is 3. The average molecular weight is 508 g/mol. The van der Waals surface area contributed by atoms with Gasteiger partial charge in [-0.3, -0.25) is 4.99 Å². The van der Waals surface area contributed by atoms with E-state index in [4.69, 9.17) is 4.52 Å². The molecule has 158 valence electrons. The van der Waals surface area contributed by atoms with Crippen molar-refractivity contribution in [1.29, 1.82) is 0 Å². The molecule has 1 aromatic heterocycles. The van der Waals surface area contributed by atoms with Crippen molar-refractivity contribution in [2.24, 2.45) is 4.99 Å². The van der Waals surface area contributed by atoms with E-state index < -0.39 is 0 Å². The highest BCUT2D eigenvalue weighted by atomic mass is 127. The maximum absolute atomic E-state index is 5.29. The summed E-state index contributed by atoms with van der Waals surface area (Å²) in [5.74, 6) is 1.94. The predicted molar refractivity (Wildman–Crippen MR) is 128 cm³/mol. The zero-order chi connectivity index (χ0) is 19.6. The molecule has 1 atom stereocenters. The first-order chi connectivity index (χ1) is 13.6. The van der Waals surface area contributed by atoms with Crippen LogP contribution in [0.3, 0.4) is 0 Å². The van der Waals surface area contributed by atoms with Crippen LogP contribution in [0, 0.1) is 13.8 Å². The summed E-state index contributed by atoms with van der Waals surface area (Å²) < 4.78 is 5.29. The van der Waals surface area contributed by atoms with Crippen molar-refractivity contribution in [3.63, 3.8) is 0 Å². The lowest BCUT2D eigenvalue weighted by Crippen LogP contribution is -2.53. The zero-order valence-corrected chi connectivity index (χ0v) is 20.2. The Balaban J connectivity index is 0.00000240. The molecule has 1 aliphatic heterocycles. The maximum Gasteiger partial charge on any atom is 0.193 e. The van der Waals surface area contributed by atoms with Crippen LogP contribution in [-0.4, -0.2) is 42.7 Å². The van der Waals surface area contributed by atoms with Crippen LogP contribution in [0.25, 0.3) is 0 Å². The molecule has 1 unspecified atom stereocenters. The highest BCUT2D eigenvalue weighted by Crippen LogP contribution is 2.43. The van der Waals surface area contributed by atoms with Crippen molar-refractivity contribution in [3.8, 4) is 0 Å². The Hall–Kier alpha value is -1.57. The standard InChI is InChI=1S/C23H32N4O.HI/c1-17-20(18(2)28-26-17)11-14-25-22(24-3)27-15-7-13-23(16-27)12-6-9-19-8-4-5-10-21(19)23;/h4-5,8,10H,6-7,9,11-16H2,1-3H3,(H,24,25);1H. The molecule has 0 bridgehead atoms. The van der Waals surface area contributed by atoms with Crippen LogP contribution in [0.1, 0.15) is 53.8 Å². The third-order valence-electron chi connectivity index (χ3n) is 6.62. The van der Waals surface area contributed by atoms with Crippen molar-refractivity contribution < 1.29 is 4.52 Å². The number of aliphatic imine (C=N–C) groups is 1. The smallest absolute Gasteiger partial charge is 0.193 e. The molecule has 29 heavy (non-hydrogen) atoms. The van der Waals surface area contributed by atoms with E-state index in [0.29, 0.717) is 0 Å². The number of nitrogens with one attached hydrogen (secondary N) is 1. The number of rotatable bonds is 3. The van der Waals surface area contributed by atoms with E-state index >= 15 is 0 Å². The molecule has 1 saturated heterocycles. The Morgan fingerprint density at radius 1 is 1.24 bits per heavy atom. The summed E-state index contributed by atoms with van der Waals surface area (Å²) in [6, 6.07) is 9.09. The number of guanidine groups is 1. The van der Waals surface area contributed by atoms with E-state index in [1.165, 1.54) is 37.7 Å². The molecule has 0 amide bonds. The first kappa shape index (κ1) is 22.1. The second-order valence-electron chi connectivity index (χ2n) is 8.34. The van der Waals surface area contributed by atoms with Crippen LogP contribution < -0.4 is 5.32 Å². The van der Waals surface area contributed by atoms with Gasteiger partial charge in [0, 0.05) is 37.7 Å². The Bertz CT molecular complexity index is 843. The molecule has 1 spiro atoms. The summed E-state index contributed by atoms with van der Waals surface area (Å²) >= 11 is 0. The first-order valence-electron chi connectivity index (χ1n) is 10.6. The Morgan fingerprint density at radius 2 is 2.03 bits per heavy atom. The lowest BCUT2D eigenvalue weighted by atomic mass is 9.66. The highest BCUT2D eigenvalue weighted by Gasteiger charge is 2.40. The predicted octanol–water partition coefficient (Wildman–Crippen LogP) is 4.40. The van der Waals surface area contributed by atoms with Crippen molar-refractivity contribution in [3.05, 3.63) is 52.4 Å². The monoisotopic (exact) mass is 508 g/mol. The number of benzene rings is 1. The third-order valence-corrected chi connectivity index (χ3v) is 6.62.